The molecule has 2 heterocycles. The van der Waals surface area contributed by atoms with E-state index >= 15 is 0 Å². The van der Waals surface area contributed by atoms with Crippen molar-refractivity contribution < 1.29 is 17.9 Å². The molecular weight excluding hydrogens is 377 g/mol. The summed E-state index contributed by atoms with van der Waals surface area (Å²) < 4.78 is 45.6. The van der Waals surface area contributed by atoms with Crippen LogP contribution in [-0.2, 0) is 12.6 Å². The monoisotopic (exact) mass is 396 g/mol. The molecule has 0 N–H and O–H groups in total. The number of para-hydroxylation sites is 1. The van der Waals surface area contributed by atoms with Crippen molar-refractivity contribution in [3.63, 3.8) is 0 Å². The van der Waals surface area contributed by atoms with Crippen LogP contribution in [0.1, 0.15) is 24.5 Å². The van der Waals surface area contributed by atoms with E-state index in [-0.39, 0.29) is 5.88 Å². The predicted molar refractivity (Wildman–Crippen MR) is 107 cm³/mol. The zero-order valence-electron chi connectivity index (χ0n) is 15.8. The van der Waals surface area contributed by atoms with Crippen LogP contribution in [0.25, 0.3) is 16.6 Å². The number of pyridine rings is 1. The lowest BCUT2D eigenvalue weighted by atomic mass is 10.1. The molecular formula is C23H19F3N2O. The Labute approximate surface area is 166 Å². The Balaban J connectivity index is 1.58. The van der Waals surface area contributed by atoms with Crippen molar-refractivity contribution in [2.75, 3.05) is 0 Å². The van der Waals surface area contributed by atoms with Crippen molar-refractivity contribution >= 4 is 10.9 Å². The van der Waals surface area contributed by atoms with Gasteiger partial charge in [-0.1, -0.05) is 31.5 Å². The van der Waals surface area contributed by atoms with E-state index in [1.807, 2.05) is 24.3 Å². The number of aryl methyl sites for hydroxylation is 1. The van der Waals surface area contributed by atoms with Crippen LogP contribution in [-0.4, -0.2) is 9.55 Å². The van der Waals surface area contributed by atoms with Crippen molar-refractivity contribution in [1.82, 2.24) is 9.55 Å². The van der Waals surface area contributed by atoms with E-state index in [0.717, 1.165) is 36.3 Å². The van der Waals surface area contributed by atoms with Gasteiger partial charge in [0.05, 0.1) is 11.1 Å². The molecule has 0 atom stereocenters. The Bertz CT molecular complexity index is 1110. The van der Waals surface area contributed by atoms with Crippen LogP contribution in [0.15, 0.2) is 73.1 Å². The highest BCUT2D eigenvalue weighted by atomic mass is 19.4. The summed E-state index contributed by atoms with van der Waals surface area (Å²) in [5.74, 6) is 0.619. The van der Waals surface area contributed by atoms with E-state index in [4.69, 9.17) is 4.74 Å². The molecule has 2 aromatic heterocycles. The molecule has 0 fully saturated rings. The second kappa shape index (κ2) is 7.62. The number of ether oxygens (including phenoxy) is 1. The third-order valence-corrected chi connectivity index (χ3v) is 4.71. The summed E-state index contributed by atoms with van der Waals surface area (Å²) in [6, 6.07) is 17.8. The SMILES string of the molecule is CCCc1cn(-c2ccc(Oc3ccc(C(F)(F)F)cn3)cc2)c2ccccc12. The van der Waals surface area contributed by atoms with E-state index in [0.29, 0.717) is 5.75 Å². The van der Waals surface area contributed by atoms with Crippen LogP contribution in [0.5, 0.6) is 11.6 Å². The molecule has 0 amide bonds. The van der Waals surface area contributed by atoms with Gasteiger partial charge in [-0.3, -0.25) is 0 Å². The summed E-state index contributed by atoms with van der Waals surface area (Å²) in [5.41, 5.74) is 2.62. The average molecular weight is 396 g/mol. The zero-order valence-corrected chi connectivity index (χ0v) is 15.8. The quantitative estimate of drug-likeness (QED) is 0.371. The minimum absolute atomic E-state index is 0.113. The van der Waals surface area contributed by atoms with Crippen LogP contribution in [0, 0.1) is 0 Å². The Morgan fingerprint density at radius 1 is 0.966 bits per heavy atom. The molecule has 4 rings (SSSR count). The molecule has 3 nitrogen and oxygen atoms in total. The summed E-state index contributed by atoms with van der Waals surface area (Å²) in [7, 11) is 0. The Morgan fingerprint density at radius 3 is 2.38 bits per heavy atom. The van der Waals surface area contributed by atoms with Gasteiger partial charge in [0.15, 0.2) is 0 Å². The number of fused-ring (bicyclic) bond motifs is 1. The van der Waals surface area contributed by atoms with Crippen LogP contribution in [0.4, 0.5) is 13.2 Å². The largest absolute Gasteiger partial charge is 0.439 e. The Morgan fingerprint density at radius 2 is 1.72 bits per heavy atom. The Kier molecular flexibility index (Phi) is 5.01. The highest BCUT2D eigenvalue weighted by Gasteiger charge is 2.30. The standard InChI is InChI=1S/C23H19F3N2O/c1-2-5-16-15-28(21-7-4-3-6-20(16)21)18-9-11-19(12-10-18)29-22-13-8-17(14-27-22)23(24,25)26/h3-4,6-15H,2,5H2,1H3. The van der Waals surface area contributed by atoms with Crippen LogP contribution in [0.2, 0.25) is 0 Å². The molecule has 148 valence electrons. The zero-order chi connectivity index (χ0) is 20.4. The number of halogens is 3. The van der Waals surface area contributed by atoms with Gasteiger partial charge in [0, 0.05) is 29.5 Å². The molecule has 6 heteroatoms. The highest BCUT2D eigenvalue weighted by molar-refractivity contribution is 5.85. The molecule has 29 heavy (non-hydrogen) atoms. The summed E-state index contributed by atoms with van der Waals surface area (Å²) in [5, 5.41) is 1.24. The fourth-order valence-electron chi connectivity index (χ4n) is 3.34. The van der Waals surface area contributed by atoms with Gasteiger partial charge in [-0.05, 0) is 48.4 Å². The van der Waals surface area contributed by atoms with E-state index in [2.05, 4.69) is 34.8 Å². The number of hydrogen-bond donors (Lipinski definition) is 0. The number of benzene rings is 2. The average Bonchev–Trinajstić information content (AvgIpc) is 3.07. The topological polar surface area (TPSA) is 27.1 Å². The predicted octanol–water partition coefficient (Wildman–Crippen LogP) is 6.79. The lowest BCUT2D eigenvalue weighted by Crippen LogP contribution is -2.05. The van der Waals surface area contributed by atoms with Gasteiger partial charge in [-0.2, -0.15) is 13.2 Å². The number of nitrogens with zero attached hydrogens (tertiary/aromatic N) is 2. The first-order valence-electron chi connectivity index (χ1n) is 9.36. The maximum Gasteiger partial charge on any atom is 0.417 e. The normalized spacial score (nSPS) is 11.7. The molecule has 0 aliphatic rings. The summed E-state index contributed by atoms with van der Waals surface area (Å²) in [4.78, 5) is 3.74. The van der Waals surface area contributed by atoms with E-state index in [1.54, 1.807) is 12.1 Å². The third-order valence-electron chi connectivity index (χ3n) is 4.71. The second-order valence-corrected chi connectivity index (χ2v) is 6.77. The number of rotatable bonds is 5. The third kappa shape index (κ3) is 3.97. The molecule has 4 aromatic rings. The highest BCUT2D eigenvalue weighted by Crippen LogP contribution is 2.31. The summed E-state index contributed by atoms with van der Waals surface area (Å²) in [6.45, 7) is 2.16. The minimum atomic E-state index is -4.41. The van der Waals surface area contributed by atoms with Crippen molar-refractivity contribution in [3.05, 3.63) is 84.2 Å². The van der Waals surface area contributed by atoms with Crippen LogP contribution in [0.3, 0.4) is 0 Å². The van der Waals surface area contributed by atoms with Crippen molar-refractivity contribution in [3.8, 4) is 17.3 Å². The Hall–Kier alpha value is -3.28. The first-order valence-corrected chi connectivity index (χ1v) is 9.36. The first-order chi connectivity index (χ1) is 14.0. The molecule has 0 spiro atoms. The number of alkyl halides is 3. The van der Waals surface area contributed by atoms with Crippen molar-refractivity contribution in [2.24, 2.45) is 0 Å². The van der Waals surface area contributed by atoms with Crippen molar-refractivity contribution in [1.29, 1.82) is 0 Å². The molecule has 0 saturated carbocycles. The van der Waals surface area contributed by atoms with Gasteiger partial charge in [-0.15, -0.1) is 0 Å². The van der Waals surface area contributed by atoms with Gasteiger partial charge < -0.3 is 9.30 Å². The summed E-state index contributed by atoms with van der Waals surface area (Å²) in [6.07, 6.45) is 0.588. The van der Waals surface area contributed by atoms with Gasteiger partial charge in [0.2, 0.25) is 5.88 Å². The molecule has 0 saturated heterocycles. The molecule has 0 aliphatic carbocycles. The lowest BCUT2D eigenvalue weighted by Gasteiger charge is -2.09. The lowest BCUT2D eigenvalue weighted by molar-refractivity contribution is -0.137. The summed E-state index contributed by atoms with van der Waals surface area (Å²) >= 11 is 0. The fraction of sp³-hybridized carbons (Fsp3) is 0.174. The van der Waals surface area contributed by atoms with Crippen molar-refractivity contribution in [2.45, 2.75) is 25.9 Å². The minimum Gasteiger partial charge on any atom is -0.439 e. The maximum atomic E-state index is 12.6. The van der Waals surface area contributed by atoms with E-state index in [9.17, 15) is 13.2 Å². The smallest absolute Gasteiger partial charge is 0.417 e. The first kappa shape index (κ1) is 19.1. The van der Waals surface area contributed by atoms with Gasteiger partial charge in [-0.25, -0.2) is 4.98 Å². The van der Waals surface area contributed by atoms with E-state index in [1.165, 1.54) is 17.0 Å². The molecule has 0 bridgehead atoms. The van der Waals surface area contributed by atoms with Gasteiger partial charge >= 0.3 is 6.18 Å². The fourth-order valence-corrected chi connectivity index (χ4v) is 3.34. The van der Waals surface area contributed by atoms with Gasteiger partial charge in [0.25, 0.3) is 0 Å². The number of aromatic nitrogens is 2. The van der Waals surface area contributed by atoms with Crippen LogP contribution >= 0.6 is 0 Å². The maximum absolute atomic E-state index is 12.6. The van der Waals surface area contributed by atoms with Gasteiger partial charge in [0.1, 0.15) is 5.75 Å². The second-order valence-electron chi connectivity index (χ2n) is 6.77. The molecule has 0 unspecified atom stereocenters. The molecule has 2 aromatic carbocycles. The number of hydrogen-bond acceptors (Lipinski definition) is 2. The molecule has 0 radical (unpaired) electrons. The van der Waals surface area contributed by atoms with Crippen LogP contribution < -0.4 is 4.74 Å². The molecule has 0 aliphatic heterocycles. The van der Waals surface area contributed by atoms with E-state index < -0.39 is 11.7 Å².